The van der Waals surface area contributed by atoms with E-state index >= 15 is 0 Å². The molecular weight excluding hydrogens is 254 g/mol. The van der Waals surface area contributed by atoms with Gasteiger partial charge in [0.05, 0.1) is 0 Å². The van der Waals surface area contributed by atoms with Gasteiger partial charge in [0.1, 0.15) is 0 Å². The van der Waals surface area contributed by atoms with E-state index in [2.05, 4.69) is 35.2 Å². The predicted octanol–water partition coefficient (Wildman–Crippen LogP) is 4.09. The first-order valence-corrected chi connectivity index (χ1v) is 7.72. The lowest BCUT2D eigenvalue weighted by Gasteiger charge is -2.38. The summed E-state index contributed by atoms with van der Waals surface area (Å²) in [4.78, 5) is 2.82. The van der Waals surface area contributed by atoms with Gasteiger partial charge in [-0.3, -0.25) is 4.90 Å². The normalized spacial score (nSPS) is 37.5. The molecule has 19 heavy (non-hydrogen) atoms. The molecule has 1 heterocycles. The van der Waals surface area contributed by atoms with Crippen LogP contribution in [0, 0.1) is 11.8 Å². The molecule has 2 aliphatic carbocycles. The number of benzene rings is 1. The highest BCUT2D eigenvalue weighted by atomic mass is 35.5. The molecule has 0 amide bonds. The Morgan fingerprint density at radius 2 is 1.58 bits per heavy atom. The van der Waals surface area contributed by atoms with Crippen LogP contribution in [0.5, 0.6) is 0 Å². The smallest absolute Gasteiger partial charge is 0.0195 e. The summed E-state index contributed by atoms with van der Waals surface area (Å²) in [5.74, 6) is 2.81. The van der Waals surface area contributed by atoms with E-state index in [9.17, 15) is 0 Å². The Hall–Kier alpha value is -0.530. The van der Waals surface area contributed by atoms with Crippen LogP contribution in [0.2, 0.25) is 0 Å². The maximum absolute atomic E-state index is 2.82. The Kier molecular flexibility index (Phi) is 3.86. The van der Waals surface area contributed by atoms with Gasteiger partial charge in [-0.15, -0.1) is 12.4 Å². The van der Waals surface area contributed by atoms with E-state index in [0.717, 1.165) is 23.8 Å². The van der Waals surface area contributed by atoms with Crippen molar-refractivity contribution in [1.29, 1.82) is 0 Å². The minimum Gasteiger partial charge on any atom is -0.299 e. The molecule has 4 rings (SSSR count). The quantitative estimate of drug-likeness (QED) is 0.787. The number of nitrogens with zero attached hydrogens (tertiary/aromatic N) is 1. The van der Waals surface area contributed by atoms with Gasteiger partial charge in [0, 0.05) is 12.0 Å². The van der Waals surface area contributed by atoms with Crippen molar-refractivity contribution in [2.45, 2.75) is 44.1 Å². The molecular formula is C17H24ClN. The number of halogens is 1. The fraction of sp³-hybridized carbons (Fsp3) is 0.647. The van der Waals surface area contributed by atoms with Gasteiger partial charge in [0.15, 0.2) is 0 Å². The third kappa shape index (κ3) is 2.21. The lowest BCUT2D eigenvalue weighted by Crippen LogP contribution is -2.41. The van der Waals surface area contributed by atoms with Gasteiger partial charge in [-0.1, -0.05) is 30.3 Å². The van der Waals surface area contributed by atoms with Crippen LogP contribution in [0.15, 0.2) is 30.3 Å². The van der Waals surface area contributed by atoms with Crippen LogP contribution >= 0.6 is 12.4 Å². The first-order valence-electron chi connectivity index (χ1n) is 7.72. The topological polar surface area (TPSA) is 3.24 Å². The average molecular weight is 278 g/mol. The van der Waals surface area contributed by atoms with E-state index in [4.69, 9.17) is 0 Å². The summed E-state index contributed by atoms with van der Waals surface area (Å²) < 4.78 is 0. The van der Waals surface area contributed by atoms with Crippen LogP contribution < -0.4 is 0 Å². The van der Waals surface area contributed by atoms with Gasteiger partial charge < -0.3 is 0 Å². The highest BCUT2D eigenvalue weighted by Crippen LogP contribution is 2.55. The molecule has 1 saturated heterocycles. The monoisotopic (exact) mass is 277 g/mol. The summed E-state index contributed by atoms with van der Waals surface area (Å²) in [5, 5.41) is 0. The molecule has 0 spiro atoms. The van der Waals surface area contributed by atoms with E-state index in [-0.39, 0.29) is 12.4 Å². The van der Waals surface area contributed by atoms with Crippen molar-refractivity contribution in [1.82, 2.24) is 4.90 Å². The first-order chi connectivity index (χ1) is 8.93. The summed E-state index contributed by atoms with van der Waals surface area (Å²) >= 11 is 0. The Morgan fingerprint density at radius 1 is 0.895 bits per heavy atom. The maximum Gasteiger partial charge on any atom is 0.0195 e. The van der Waals surface area contributed by atoms with Crippen LogP contribution in [0.3, 0.4) is 0 Å². The molecule has 1 nitrogen and oxygen atoms in total. The molecule has 4 unspecified atom stereocenters. The molecule has 2 heteroatoms. The fourth-order valence-electron chi connectivity index (χ4n) is 4.97. The van der Waals surface area contributed by atoms with Gasteiger partial charge >= 0.3 is 0 Å². The maximum atomic E-state index is 2.82. The summed E-state index contributed by atoms with van der Waals surface area (Å²) in [6, 6.07) is 12.2. The summed E-state index contributed by atoms with van der Waals surface area (Å²) in [5.41, 5.74) is 1.61. The molecule has 4 atom stereocenters. The highest BCUT2D eigenvalue weighted by Gasteiger charge is 2.50. The Labute approximate surface area is 122 Å². The van der Waals surface area contributed by atoms with Crippen molar-refractivity contribution in [2.75, 3.05) is 13.1 Å². The second-order valence-corrected chi connectivity index (χ2v) is 6.50. The Balaban J connectivity index is 0.00000110. The van der Waals surface area contributed by atoms with Crippen molar-refractivity contribution < 1.29 is 0 Å². The molecule has 104 valence electrons. The zero-order valence-corrected chi connectivity index (χ0v) is 12.3. The SMILES string of the molecule is Cl.c1ccc(C2C3CCC(C3)C2N2CCCC2)cc1. The standard InChI is InChI=1S/C17H23N.ClH/c1-2-6-13(7-3-1)16-14-8-9-15(12-14)17(16)18-10-4-5-11-18;/h1-3,6-7,14-17H,4-5,8-12H2;1H. The Bertz CT molecular complexity index is 413. The number of hydrogen-bond acceptors (Lipinski definition) is 1. The van der Waals surface area contributed by atoms with E-state index in [1.165, 1.54) is 45.2 Å². The minimum atomic E-state index is 0. The van der Waals surface area contributed by atoms with Crippen LogP contribution in [0.4, 0.5) is 0 Å². The highest BCUT2D eigenvalue weighted by molar-refractivity contribution is 5.85. The van der Waals surface area contributed by atoms with E-state index in [0.29, 0.717) is 0 Å². The molecule has 0 radical (unpaired) electrons. The van der Waals surface area contributed by atoms with E-state index in [1.807, 2.05) is 0 Å². The number of fused-ring (bicyclic) bond motifs is 2. The molecule has 1 aliphatic heterocycles. The molecule has 3 aliphatic rings. The number of likely N-dealkylation sites (tertiary alicyclic amines) is 1. The van der Waals surface area contributed by atoms with Gasteiger partial charge in [-0.25, -0.2) is 0 Å². The third-order valence-electron chi connectivity index (χ3n) is 5.62. The van der Waals surface area contributed by atoms with Crippen LogP contribution in [-0.4, -0.2) is 24.0 Å². The minimum absolute atomic E-state index is 0. The van der Waals surface area contributed by atoms with Gasteiger partial charge in [-0.05, 0) is 62.6 Å². The van der Waals surface area contributed by atoms with Crippen molar-refractivity contribution >= 4 is 12.4 Å². The molecule has 1 aromatic carbocycles. The second kappa shape index (κ2) is 5.46. The third-order valence-corrected chi connectivity index (χ3v) is 5.62. The largest absolute Gasteiger partial charge is 0.299 e. The van der Waals surface area contributed by atoms with Crippen molar-refractivity contribution in [2.24, 2.45) is 11.8 Å². The predicted molar refractivity (Wildman–Crippen MR) is 81.9 cm³/mol. The van der Waals surface area contributed by atoms with Gasteiger partial charge in [0.25, 0.3) is 0 Å². The molecule has 0 aromatic heterocycles. The summed E-state index contributed by atoms with van der Waals surface area (Å²) in [6.07, 6.45) is 7.33. The van der Waals surface area contributed by atoms with Crippen molar-refractivity contribution in [3.8, 4) is 0 Å². The lowest BCUT2D eigenvalue weighted by atomic mass is 9.79. The van der Waals surface area contributed by atoms with E-state index < -0.39 is 0 Å². The fourth-order valence-corrected chi connectivity index (χ4v) is 4.97. The lowest BCUT2D eigenvalue weighted by molar-refractivity contribution is 0.153. The zero-order valence-electron chi connectivity index (χ0n) is 11.5. The van der Waals surface area contributed by atoms with Crippen LogP contribution in [0.25, 0.3) is 0 Å². The average Bonchev–Trinajstić information content (AvgIpc) is 3.15. The molecule has 2 bridgehead atoms. The molecule has 1 aromatic rings. The molecule has 3 fully saturated rings. The van der Waals surface area contributed by atoms with Crippen LogP contribution in [-0.2, 0) is 0 Å². The van der Waals surface area contributed by atoms with Crippen molar-refractivity contribution in [3.63, 3.8) is 0 Å². The Morgan fingerprint density at radius 3 is 2.32 bits per heavy atom. The molecule has 2 saturated carbocycles. The first kappa shape index (κ1) is 13.5. The molecule has 0 N–H and O–H groups in total. The van der Waals surface area contributed by atoms with Crippen LogP contribution in [0.1, 0.15) is 43.6 Å². The number of hydrogen-bond donors (Lipinski definition) is 0. The van der Waals surface area contributed by atoms with E-state index in [1.54, 1.807) is 5.56 Å². The summed E-state index contributed by atoms with van der Waals surface area (Å²) in [6.45, 7) is 2.72. The second-order valence-electron chi connectivity index (χ2n) is 6.50. The zero-order chi connectivity index (χ0) is 11.9. The van der Waals surface area contributed by atoms with Gasteiger partial charge in [0.2, 0.25) is 0 Å². The van der Waals surface area contributed by atoms with Gasteiger partial charge in [-0.2, -0.15) is 0 Å². The van der Waals surface area contributed by atoms with Crippen molar-refractivity contribution in [3.05, 3.63) is 35.9 Å². The number of rotatable bonds is 2. The summed E-state index contributed by atoms with van der Waals surface area (Å²) in [7, 11) is 0.